The summed E-state index contributed by atoms with van der Waals surface area (Å²) in [5, 5.41) is 0. The molecular weight excluding hydrogens is 186 g/mol. The van der Waals surface area contributed by atoms with Gasteiger partial charge in [-0.2, -0.15) is 0 Å². The second-order valence-corrected chi connectivity index (χ2v) is 6.90. The van der Waals surface area contributed by atoms with Gasteiger partial charge in [0.15, 0.2) is 5.54 Å². The van der Waals surface area contributed by atoms with Crippen LogP contribution >= 0.6 is 0 Å². The Morgan fingerprint density at radius 3 is 2.40 bits per heavy atom. The molecule has 2 atom stereocenters. The van der Waals surface area contributed by atoms with E-state index in [2.05, 4.69) is 40.0 Å². The minimum Gasteiger partial charge on any atom is -0.319 e. The van der Waals surface area contributed by atoms with Crippen LogP contribution in [0.2, 0.25) is 0 Å². The lowest BCUT2D eigenvalue weighted by Crippen LogP contribution is -2.79. The molecule has 2 fully saturated rings. The Hall–Kier alpha value is -0.120. The predicted octanol–water partition coefficient (Wildman–Crippen LogP) is 0.227. The van der Waals surface area contributed by atoms with Gasteiger partial charge in [0.2, 0.25) is 0 Å². The summed E-state index contributed by atoms with van der Waals surface area (Å²) in [5.74, 6) is 0. The molecule has 2 saturated heterocycles. The van der Waals surface area contributed by atoms with Crippen molar-refractivity contribution in [2.75, 3.05) is 67.5 Å². The first-order valence-electron chi connectivity index (χ1n) is 6.12. The van der Waals surface area contributed by atoms with Crippen molar-refractivity contribution in [3.05, 3.63) is 0 Å². The van der Waals surface area contributed by atoms with Gasteiger partial charge in [-0.15, -0.1) is 0 Å². The third-order valence-electron chi connectivity index (χ3n) is 4.86. The SMILES string of the molecule is CN1CC[N+]2(C)CC[N+](C)(C)CC2(C)C1. The van der Waals surface area contributed by atoms with Gasteiger partial charge < -0.3 is 8.97 Å². The van der Waals surface area contributed by atoms with Gasteiger partial charge in [0, 0.05) is 6.54 Å². The molecule has 0 saturated carbocycles. The highest BCUT2D eigenvalue weighted by atomic mass is 15.5. The van der Waals surface area contributed by atoms with Gasteiger partial charge in [-0.3, -0.25) is 4.90 Å². The maximum Gasteiger partial charge on any atom is 0.158 e. The first-order chi connectivity index (χ1) is 6.77. The van der Waals surface area contributed by atoms with Crippen LogP contribution in [0.1, 0.15) is 6.92 Å². The van der Waals surface area contributed by atoms with E-state index >= 15 is 0 Å². The number of fused-ring (bicyclic) bond motifs is 1. The number of nitrogens with zero attached hydrogens (tertiary/aromatic N) is 3. The predicted molar refractivity (Wildman–Crippen MR) is 63.7 cm³/mol. The fourth-order valence-electron chi connectivity index (χ4n) is 3.59. The molecular formula is C12H27N3+2. The lowest BCUT2D eigenvalue weighted by Gasteiger charge is -2.59. The average Bonchev–Trinajstić information content (AvgIpc) is 2.07. The third-order valence-corrected chi connectivity index (χ3v) is 4.86. The van der Waals surface area contributed by atoms with E-state index in [4.69, 9.17) is 0 Å². The van der Waals surface area contributed by atoms with Crippen molar-refractivity contribution in [3.63, 3.8) is 0 Å². The zero-order valence-electron chi connectivity index (χ0n) is 11.1. The normalized spacial score (nSPS) is 46.2. The zero-order chi connectivity index (χ0) is 11.3. The Balaban J connectivity index is 2.25. The molecule has 0 aromatic heterocycles. The minimum atomic E-state index is 0.453. The smallest absolute Gasteiger partial charge is 0.158 e. The Morgan fingerprint density at radius 1 is 1.07 bits per heavy atom. The summed E-state index contributed by atoms with van der Waals surface area (Å²) >= 11 is 0. The van der Waals surface area contributed by atoms with Crippen LogP contribution in [0.15, 0.2) is 0 Å². The molecule has 0 radical (unpaired) electrons. The van der Waals surface area contributed by atoms with E-state index in [1.54, 1.807) is 0 Å². The van der Waals surface area contributed by atoms with Crippen molar-refractivity contribution in [3.8, 4) is 0 Å². The molecule has 0 bridgehead atoms. The van der Waals surface area contributed by atoms with Gasteiger partial charge in [-0.1, -0.05) is 0 Å². The first kappa shape index (κ1) is 11.4. The van der Waals surface area contributed by atoms with E-state index in [9.17, 15) is 0 Å². The van der Waals surface area contributed by atoms with Crippen molar-refractivity contribution in [1.29, 1.82) is 0 Å². The summed E-state index contributed by atoms with van der Waals surface area (Å²) in [6.45, 7) is 10.3. The molecule has 2 aliphatic heterocycles. The number of quaternary nitrogens is 2. The molecule has 0 amide bonds. The highest BCUT2D eigenvalue weighted by molar-refractivity contribution is 4.85. The third kappa shape index (κ3) is 1.81. The van der Waals surface area contributed by atoms with Gasteiger partial charge in [0.25, 0.3) is 0 Å². The maximum atomic E-state index is 2.51. The summed E-state index contributed by atoms with van der Waals surface area (Å²) in [6.07, 6.45) is 0. The van der Waals surface area contributed by atoms with Crippen LogP contribution in [0.3, 0.4) is 0 Å². The first-order valence-corrected chi connectivity index (χ1v) is 6.12. The molecule has 3 nitrogen and oxygen atoms in total. The second kappa shape index (κ2) is 3.19. The molecule has 2 aliphatic rings. The van der Waals surface area contributed by atoms with Crippen LogP contribution in [-0.4, -0.2) is 86.9 Å². The lowest BCUT2D eigenvalue weighted by molar-refractivity contribution is -1.05. The van der Waals surface area contributed by atoms with Crippen LogP contribution < -0.4 is 0 Å². The van der Waals surface area contributed by atoms with Crippen molar-refractivity contribution in [2.45, 2.75) is 12.5 Å². The Bertz CT molecular complexity index is 264. The molecule has 2 unspecified atom stereocenters. The highest BCUT2D eigenvalue weighted by Crippen LogP contribution is 2.33. The molecule has 2 rings (SSSR count). The summed E-state index contributed by atoms with van der Waals surface area (Å²) in [6, 6.07) is 0. The number of likely N-dealkylation sites (N-methyl/N-ethyl adjacent to an activating group) is 3. The molecule has 0 spiro atoms. The Kier molecular flexibility index (Phi) is 2.42. The minimum absolute atomic E-state index is 0.453. The molecule has 0 aromatic carbocycles. The molecule has 0 aliphatic carbocycles. The van der Waals surface area contributed by atoms with Crippen LogP contribution in [0, 0.1) is 0 Å². The van der Waals surface area contributed by atoms with Crippen molar-refractivity contribution in [2.24, 2.45) is 0 Å². The number of piperazine rings is 2. The average molecular weight is 213 g/mol. The molecule has 0 N–H and O–H groups in total. The Labute approximate surface area is 94.4 Å². The van der Waals surface area contributed by atoms with E-state index in [0.29, 0.717) is 5.54 Å². The molecule has 15 heavy (non-hydrogen) atoms. The maximum absolute atomic E-state index is 2.51. The fourth-order valence-corrected chi connectivity index (χ4v) is 3.59. The fraction of sp³-hybridized carbons (Fsp3) is 1.00. The van der Waals surface area contributed by atoms with Crippen molar-refractivity contribution < 1.29 is 8.97 Å². The highest BCUT2D eigenvalue weighted by Gasteiger charge is 2.55. The standard InChI is InChI=1S/C12H27N3/c1-12-10-13(2)6-7-15(12,5)9-8-14(3,4)11-12/h6-11H2,1-5H3/q+2. The Morgan fingerprint density at radius 2 is 1.73 bits per heavy atom. The zero-order valence-corrected chi connectivity index (χ0v) is 11.1. The second-order valence-electron chi connectivity index (χ2n) is 6.90. The monoisotopic (exact) mass is 213 g/mol. The molecule has 0 aromatic rings. The molecule has 88 valence electrons. The van der Waals surface area contributed by atoms with E-state index in [-0.39, 0.29) is 0 Å². The van der Waals surface area contributed by atoms with E-state index < -0.39 is 0 Å². The van der Waals surface area contributed by atoms with E-state index in [1.165, 1.54) is 48.2 Å². The van der Waals surface area contributed by atoms with Crippen LogP contribution in [0.25, 0.3) is 0 Å². The number of rotatable bonds is 0. The van der Waals surface area contributed by atoms with Gasteiger partial charge in [-0.25, -0.2) is 0 Å². The van der Waals surface area contributed by atoms with Crippen LogP contribution in [0.4, 0.5) is 0 Å². The summed E-state index contributed by atoms with van der Waals surface area (Å²) in [4.78, 5) is 2.51. The summed E-state index contributed by atoms with van der Waals surface area (Å²) in [5.41, 5.74) is 0.453. The van der Waals surface area contributed by atoms with E-state index in [1.807, 2.05) is 0 Å². The largest absolute Gasteiger partial charge is 0.319 e. The quantitative estimate of drug-likeness (QED) is 0.521. The lowest BCUT2D eigenvalue weighted by atomic mass is 9.89. The number of hydrogen-bond donors (Lipinski definition) is 0. The summed E-state index contributed by atoms with van der Waals surface area (Å²) in [7, 11) is 9.49. The number of hydrogen-bond acceptors (Lipinski definition) is 1. The topological polar surface area (TPSA) is 3.24 Å². The van der Waals surface area contributed by atoms with E-state index in [0.717, 1.165) is 0 Å². The van der Waals surface area contributed by atoms with Crippen LogP contribution in [-0.2, 0) is 0 Å². The molecule has 3 heteroatoms. The van der Waals surface area contributed by atoms with Crippen LogP contribution in [0.5, 0.6) is 0 Å². The van der Waals surface area contributed by atoms with Crippen molar-refractivity contribution >= 4 is 0 Å². The van der Waals surface area contributed by atoms with Crippen molar-refractivity contribution in [1.82, 2.24) is 4.90 Å². The summed E-state index contributed by atoms with van der Waals surface area (Å²) < 4.78 is 2.48. The van der Waals surface area contributed by atoms with Gasteiger partial charge in [-0.05, 0) is 14.0 Å². The van der Waals surface area contributed by atoms with Gasteiger partial charge in [0.1, 0.15) is 19.6 Å². The van der Waals surface area contributed by atoms with Gasteiger partial charge >= 0.3 is 0 Å². The van der Waals surface area contributed by atoms with Gasteiger partial charge in [0.05, 0.1) is 34.2 Å². The molecule has 2 heterocycles.